The topological polar surface area (TPSA) is 26.9 Å². The molecule has 0 aliphatic heterocycles. The Bertz CT molecular complexity index is 6430. The number of benzene rings is 12. The summed E-state index contributed by atoms with van der Waals surface area (Å²) in [5, 5.41) is 12.1. The van der Waals surface area contributed by atoms with Crippen LogP contribution >= 0.6 is 0 Å². The second-order valence-corrected chi connectivity index (χ2v) is 36.0. The van der Waals surface area contributed by atoms with Gasteiger partial charge in [0, 0.05) is 65.1 Å². The van der Waals surface area contributed by atoms with Crippen molar-refractivity contribution in [2.75, 3.05) is 0 Å². The second-order valence-electron chi connectivity index (χ2n) is 36.0. The predicted molar refractivity (Wildman–Crippen MR) is 439 cm³/mol. The van der Waals surface area contributed by atoms with E-state index in [0.717, 1.165) is 33.1 Å². The standard InChI is InChI=1S/C98H91N3O/c1-93(2,3)65-37-59(38-66(51-65)94(4,5)6)62-45-74(58-35-36-84-75(44-58)72-31-22-24-33-83(72)99(84)71-30-26-29-57(43-71)56-27-20-19-21-28-56)88-80(48-62)81-49-63(60-39-67(95(7,8)9)52-68(40-60)96(10,11)12)46-78-76-55-86-77(54-85(76)100(88)89(78)81)79-47-64(61-41-69(97(13,14)15)53-70(42-61)98(16,17)18)50-82-90(79)101(86)91-73-32-23-25-34-87(73)102-92(82)91/h19-55H,1-18H3. The zero-order chi connectivity index (χ0) is 71.0. The number of furan rings is 1. The monoisotopic (exact) mass is 1330 g/mol. The number of hydrogen-bond donors (Lipinski definition) is 0. The molecule has 0 bridgehead atoms. The van der Waals surface area contributed by atoms with Gasteiger partial charge < -0.3 is 17.8 Å². The van der Waals surface area contributed by atoms with Crippen molar-refractivity contribution in [2.45, 2.75) is 157 Å². The Morgan fingerprint density at radius 1 is 0.225 bits per heavy atom. The number of aromatic nitrogens is 3. The molecule has 0 amide bonds. The molecule has 18 aromatic rings. The van der Waals surface area contributed by atoms with E-state index in [0.29, 0.717) is 0 Å². The van der Waals surface area contributed by atoms with E-state index < -0.39 is 0 Å². The molecule has 0 saturated heterocycles. The summed E-state index contributed by atoms with van der Waals surface area (Å²) < 4.78 is 14.8. The van der Waals surface area contributed by atoms with Crippen LogP contribution in [0.1, 0.15) is 158 Å². The van der Waals surface area contributed by atoms with Crippen LogP contribution in [0, 0.1) is 0 Å². The van der Waals surface area contributed by atoms with Gasteiger partial charge in [-0.25, -0.2) is 0 Å². The molecule has 504 valence electrons. The van der Waals surface area contributed by atoms with Crippen LogP contribution in [0.3, 0.4) is 0 Å². The molecule has 6 heterocycles. The normalized spacial score (nSPS) is 13.4. The molecule has 0 saturated carbocycles. The number of fused-ring (bicyclic) bond motifs is 17. The third kappa shape index (κ3) is 9.89. The van der Waals surface area contributed by atoms with Crippen molar-refractivity contribution >= 4 is 109 Å². The highest BCUT2D eigenvalue weighted by Crippen LogP contribution is 2.52. The maximum Gasteiger partial charge on any atom is 0.161 e. The predicted octanol–water partition coefficient (Wildman–Crippen LogP) is 28.0. The molecule has 12 aromatic carbocycles. The quantitative estimate of drug-likeness (QED) is 0.163. The lowest BCUT2D eigenvalue weighted by atomic mass is 9.78. The molecule has 0 spiro atoms. The zero-order valence-electron chi connectivity index (χ0n) is 62.6. The van der Waals surface area contributed by atoms with Gasteiger partial charge in [-0.3, -0.25) is 0 Å². The first-order chi connectivity index (χ1) is 48.3. The van der Waals surface area contributed by atoms with E-state index in [1.54, 1.807) is 0 Å². The van der Waals surface area contributed by atoms with Gasteiger partial charge in [0.2, 0.25) is 0 Å². The van der Waals surface area contributed by atoms with Gasteiger partial charge >= 0.3 is 0 Å². The van der Waals surface area contributed by atoms with Crippen LogP contribution < -0.4 is 0 Å². The molecular formula is C98H91N3O. The van der Waals surface area contributed by atoms with Gasteiger partial charge in [0.15, 0.2) is 5.58 Å². The van der Waals surface area contributed by atoms with Crippen molar-refractivity contribution in [2.24, 2.45) is 0 Å². The van der Waals surface area contributed by atoms with Crippen LogP contribution in [0.4, 0.5) is 0 Å². The van der Waals surface area contributed by atoms with Gasteiger partial charge in [0.1, 0.15) is 11.1 Å². The summed E-state index contributed by atoms with van der Waals surface area (Å²) in [6.45, 7) is 42.4. The van der Waals surface area contributed by atoms with Crippen molar-refractivity contribution in [1.82, 2.24) is 13.4 Å². The van der Waals surface area contributed by atoms with Crippen molar-refractivity contribution < 1.29 is 4.42 Å². The van der Waals surface area contributed by atoms with Crippen molar-refractivity contribution in [3.63, 3.8) is 0 Å². The van der Waals surface area contributed by atoms with E-state index in [1.807, 2.05) is 0 Å². The van der Waals surface area contributed by atoms with Gasteiger partial charge in [-0.1, -0.05) is 258 Å². The fraction of sp³-hybridized carbons (Fsp3) is 0.245. The van der Waals surface area contributed by atoms with E-state index in [-0.39, 0.29) is 32.5 Å². The van der Waals surface area contributed by atoms with E-state index in [9.17, 15) is 0 Å². The Labute approximate surface area is 599 Å². The average Bonchev–Trinajstić information content (AvgIpc) is 1.51. The van der Waals surface area contributed by atoms with E-state index in [1.165, 1.54) is 171 Å². The highest BCUT2D eigenvalue weighted by molar-refractivity contribution is 6.32. The maximum absolute atomic E-state index is 7.11. The molecule has 0 aliphatic carbocycles. The van der Waals surface area contributed by atoms with Crippen LogP contribution in [0.2, 0.25) is 0 Å². The fourth-order valence-corrected chi connectivity index (χ4v) is 16.7. The van der Waals surface area contributed by atoms with Crippen LogP contribution in [-0.4, -0.2) is 13.4 Å². The van der Waals surface area contributed by atoms with Gasteiger partial charge in [0.05, 0.1) is 38.6 Å². The fourth-order valence-electron chi connectivity index (χ4n) is 16.7. The third-order valence-corrected chi connectivity index (χ3v) is 22.7. The Balaban J connectivity index is 1.01. The summed E-state index contributed by atoms with van der Waals surface area (Å²) in [6.07, 6.45) is 0. The third-order valence-electron chi connectivity index (χ3n) is 22.7. The lowest BCUT2D eigenvalue weighted by Crippen LogP contribution is -2.16. The minimum Gasteiger partial charge on any atom is -0.454 e. The molecule has 0 aliphatic rings. The summed E-state index contributed by atoms with van der Waals surface area (Å²) in [7, 11) is 0. The molecule has 4 nitrogen and oxygen atoms in total. The maximum atomic E-state index is 7.11. The Hall–Kier alpha value is -10.4. The summed E-state index contributed by atoms with van der Waals surface area (Å²) in [5.41, 5.74) is 32.1. The number of hydrogen-bond acceptors (Lipinski definition) is 1. The minimum absolute atomic E-state index is 0.0607. The summed E-state index contributed by atoms with van der Waals surface area (Å²) in [5.74, 6) is 0. The molecule has 0 atom stereocenters. The Morgan fingerprint density at radius 3 is 1.13 bits per heavy atom. The van der Waals surface area contributed by atoms with Crippen molar-refractivity contribution in [3.05, 3.63) is 258 Å². The highest BCUT2D eigenvalue weighted by atomic mass is 16.3. The Kier molecular flexibility index (Phi) is 13.5. The van der Waals surface area contributed by atoms with Gasteiger partial charge in [-0.2, -0.15) is 0 Å². The largest absolute Gasteiger partial charge is 0.454 e. The van der Waals surface area contributed by atoms with Crippen molar-refractivity contribution in [1.29, 1.82) is 0 Å². The smallest absolute Gasteiger partial charge is 0.161 e. The molecule has 0 radical (unpaired) electrons. The molecule has 6 aromatic heterocycles. The minimum atomic E-state index is -0.0881. The first-order valence-electron chi connectivity index (χ1n) is 36.9. The average molecular weight is 1330 g/mol. The van der Waals surface area contributed by atoms with Gasteiger partial charge in [-0.15, -0.1) is 0 Å². The zero-order valence-corrected chi connectivity index (χ0v) is 62.6. The summed E-state index contributed by atoms with van der Waals surface area (Å²) >= 11 is 0. The molecular weight excluding hydrogens is 1240 g/mol. The van der Waals surface area contributed by atoms with Gasteiger partial charge in [-0.05, 0) is 207 Å². The lowest BCUT2D eigenvalue weighted by molar-refractivity contribution is 0.568. The van der Waals surface area contributed by atoms with Gasteiger partial charge in [0.25, 0.3) is 0 Å². The van der Waals surface area contributed by atoms with Crippen molar-refractivity contribution in [3.8, 4) is 61.3 Å². The van der Waals surface area contributed by atoms with Crippen LogP contribution in [0.15, 0.2) is 229 Å². The molecule has 4 heteroatoms. The summed E-state index contributed by atoms with van der Waals surface area (Å²) in [4.78, 5) is 0. The highest BCUT2D eigenvalue weighted by Gasteiger charge is 2.31. The van der Waals surface area contributed by atoms with E-state index in [4.69, 9.17) is 4.42 Å². The molecule has 102 heavy (non-hydrogen) atoms. The first kappa shape index (κ1) is 63.7. The molecule has 18 rings (SSSR count). The first-order valence-corrected chi connectivity index (χ1v) is 36.9. The van der Waals surface area contributed by atoms with Crippen LogP contribution in [0.25, 0.3) is 170 Å². The molecule has 0 fully saturated rings. The summed E-state index contributed by atoms with van der Waals surface area (Å²) in [6, 6.07) is 87.3. The van der Waals surface area contributed by atoms with Crippen LogP contribution in [0.5, 0.6) is 0 Å². The Morgan fingerprint density at radius 2 is 0.608 bits per heavy atom. The molecule has 0 unspecified atom stereocenters. The second kappa shape index (κ2) is 21.6. The molecule has 0 N–H and O–H groups in total. The lowest BCUT2D eigenvalue weighted by Gasteiger charge is -2.26. The van der Waals surface area contributed by atoms with E-state index in [2.05, 4.69) is 362 Å². The van der Waals surface area contributed by atoms with E-state index >= 15 is 0 Å². The number of nitrogens with zero attached hydrogens (tertiary/aromatic N) is 3. The van der Waals surface area contributed by atoms with Crippen LogP contribution in [-0.2, 0) is 32.5 Å². The number of rotatable bonds is 6. The number of para-hydroxylation sites is 2. The SMILES string of the molecule is CC(C)(C)c1cc(-c2cc(-c3ccc4c(c3)c3ccccc3n4-c3cccc(-c4ccccc4)c3)c3c(c2)c2cc(-c4cc(C(C)(C)C)cc(C(C)(C)C)c4)cc4c5cc6c(cc5n3c42)c2cc(-c3cc(C(C)(C)C)cc(C(C)(C)C)c3)cc3c4oc5ccccc5c4n6c23)cc(C(C)(C)C)c1.